The summed E-state index contributed by atoms with van der Waals surface area (Å²) >= 11 is 0. The summed E-state index contributed by atoms with van der Waals surface area (Å²) in [5.41, 5.74) is 0. The molecule has 0 radical (unpaired) electrons. The van der Waals surface area contributed by atoms with Crippen molar-refractivity contribution in [2.75, 3.05) is 47.5 Å². The molecule has 1 fully saturated rings. The smallest absolute Gasteiger partial charge is 0.462 e. The van der Waals surface area contributed by atoms with Gasteiger partial charge in [-0.1, -0.05) is 134 Å². The first-order chi connectivity index (χ1) is 26.0. The summed E-state index contributed by atoms with van der Waals surface area (Å²) in [4.78, 5) is 35.3. The maximum absolute atomic E-state index is 12.6. The standard InChI is InChI=1S/C43H78NO9P/c1-6-8-10-12-14-15-16-17-18-21-26-30-34-43(46)52-39(38-51-54(47,48)50-36-35-44(3,4)5)37-49-42(45)33-29-25-22-19-20-24-28-32-41-40(53-41)31-27-23-13-11-9-7-2/h19,22-24,27-28,39-41H,6-18,20-21,25-26,29-38H2,1-5H3/p+1/b22-19-,27-23-,28-24-/t39-,40?,41?/m1/s1. The van der Waals surface area contributed by atoms with Crippen LogP contribution in [-0.2, 0) is 37.4 Å². The van der Waals surface area contributed by atoms with Crippen LogP contribution in [0.25, 0.3) is 0 Å². The lowest BCUT2D eigenvalue weighted by molar-refractivity contribution is -0.870. The largest absolute Gasteiger partial charge is 0.472 e. The first-order valence-corrected chi connectivity index (χ1v) is 22.8. The van der Waals surface area contributed by atoms with E-state index in [0.29, 0.717) is 36.1 Å². The second-order valence-electron chi connectivity index (χ2n) is 15.8. The average molecular weight is 785 g/mol. The number of unbranched alkanes of at least 4 members (excludes halogenated alkanes) is 15. The van der Waals surface area contributed by atoms with Gasteiger partial charge in [0.25, 0.3) is 0 Å². The van der Waals surface area contributed by atoms with E-state index in [9.17, 15) is 19.0 Å². The minimum absolute atomic E-state index is 0.0214. The van der Waals surface area contributed by atoms with E-state index in [1.165, 1.54) is 70.6 Å². The molecule has 0 bridgehead atoms. The lowest BCUT2D eigenvalue weighted by Crippen LogP contribution is -2.37. The lowest BCUT2D eigenvalue weighted by atomic mass is 10.0. The van der Waals surface area contributed by atoms with Crippen molar-refractivity contribution in [2.45, 2.75) is 180 Å². The monoisotopic (exact) mass is 785 g/mol. The topological polar surface area (TPSA) is 121 Å². The van der Waals surface area contributed by atoms with E-state index in [1.54, 1.807) is 0 Å². The molecule has 0 aromatic rings. The fourth-order valence-electron chi connectivity index (χ4n) is 5.81. The van der Waals surface area contributed by atoms with Crippen LogP contribution in [0.4, 0.5) is 0 Å². The Hall–Kier alpha value is -1.81. The predicted molar refractivity (Wildman–Crippen MR) is 219 cm³/mol. The SMILES string of the molecule is CCCCC/C=C\CC1OC1C/C=C\C/C=C\CCCC(=O)OC[C@H](COP(=O)(O)OCC[N+](C)(C)C)OC(=O)CCCCCCCCCCCCCC. The molecule has 314 valence electrons. The van der Waals surface area contributed by atoms with Gasteiger partial charge in [0.2, 0.25) is 0 Å². The highest BCUT2D eigenvalue weighted by Gasteiger charge is 2.36. The molecular weight excluding hydrogens is 705 g/mol. The van der Waals surface area contributed by atoms with Crippen LogP contribution in [0.5, 0.6) is 0 Å². The van der Waals surface area contributed by atoms with Crippen molar-refractivity contribution in [3.8, 4) is 0 Å². The van der Waals surface area contributed by atoms with Crippen LogP contribution < -0.4 is 0 Å². The van der Waals surface area contributed by atoms with Crippen molar-refractivity contribution >= 4 is 19.8 Å². The number of allylic oxidation sites excluding steroid dienone is 4. The molecule has 4 atom stereocenters. The zero-order valence-corrected chi connectivity index (χ0v) is 35.8. The molecule has 3 unspecified atom stereocenters. The van der Waals surface area contributed by atoms with Crippen LogP contribution in [-0.4, -0.2) is 87.1 Å². The number of phosphoric acid groups is 1. The van der Waals surface area contributed by atoms with E-state index >= 15 is 0 Å². The van der Waals surface area contributed by atoms with Gasteiger partial charge in [0.05, 0.1) is 40.0 Å². The number of quaternary nitrogens is 1. The third-order valence-corrected chi connectivity index (χ3v) is 10.3. The quantitative estimate of drug-likeness (QED) is 0.0164. The van der Waals surface area contributed by atoms with E-state index in [0.717, 1.165) is 51.4 Å². The van der Waals surface area contributed by atoms with Crippen molar-refractivity contribution in [1.29, 1.82) is 0 Å². The maximum Gasteiger partial charge on any atom is 0.472 e. The Labute approximate surface area is 329 Å². The number of likely N-dealkylation sites (N-methyl/N-ethyl adjacent to an activating group) is 1. The zero-order valence-electron chi connectivity index (χ0n) is 34.9. The number of nitrogens with zero attached hydrogens (tertiary/aromatic N) is 1. The number of carbonyl (C=O) groups excluding carboxylic acids is 2. The van der Waals surface area contributed by atoms with Gasteiger partial charge in [0.15, 0.2) is 6.10 Å². The Balaban J connectivity index is 2.33. The molecule has 54 heavy (non-hydrogen) atoms. The maximum atomic E-state index is 12.6. The van der Waals surface area contributed by atoms with Gasteiger partial charge in [0.1, 0.15) is 19.8 Å². The second kappa shape index (κ2) is 32.3. The van der Waals surface area contributed by atoms with Gasteiger partial charge in [-0.25, -0.2) is 4.57 Å². The van der Waals surface area contributed by atoms with Gasteiger partial charge < -0.3 is 23.6 Å². The van der Waals surface area contributed by atoms with Crippen LogP contribution in [0.15, 0.2) is 36.5 Å². The van der Waals surface area contributed by atoms with Crippen molar-refractivity contribution in [3.63, 3.8) is 0 Å². The van der Waals surface area contributed by atoms with Gasteiger partial charge in [0, 0.05) is 12.8 Å². The summed E-state index contributed by atoms with van der Waals surface area (Å²) in [7, 11) is 1.44. The molecule has 1 heterocycles. The number of esters is 2. The number of epoxide rings is 1. The Morgan fingerprint density at radius 2 is 1.19 bits per heavy atom. The Morgan fingerprint density at radius 1 is 0.667 bits per heavy atom. The van der Waals surface area contributed by atoms with Crippen molar-refractivity contribution in [1.82, 2.24) is 0 Å². The molecule has 1 aliphatic heterocycles. The fourth-order valence-corrected chi connectivity index (χ4v) is 6.55. The molecule has 1 aliphatic rings. The van der Waals surface area contributed by atoms with Crippen molar-refractivity contribution in [3.05, 3.63) is 36.5 Å². The van der Waals surface area contributed by atoms with E-state index in [2.05, 4.69) is 50.3 Å². The van der Waals surface area contributed by atoms with E-state index in [4.69, 9.17) is 23.3 Å². The van der Waals surface area contributed by atoms with E-state index in [1.807, 2.05) is 21.1 Å². The Bertz CT molecular complexity index is 1090. The highest BCUT2D eigenvalue weighted by molar-refractivity contribution is 7.47. The summed E-state index contributed by atoms with van der Waals surface area (Å²) in [6.07, 6.45) is 36.5. The molecule has 11 heteroatoms. The molecule has 0 saturated carbocycles. The van der Waals surface area contributed by atoms with Gasteiger partial charge in [-0.2, -0.15) is 0 Å². The van der Waals surface area contributed by atoms with E-state index < -0.39 is 32.5 Å². The summed E-state index contributed by atoms with van der Waals surface area (Å²) in [5.74, 6) is -0.870. The number of rotatable bonds is 37. The minimum atomic E-state index is -4.39. The van der Waals surface area contributed by atoms with Gasteiger partial charge in [-0.3, -0.25) is 18.6 Å². The van der Waals surface area contributed by atoms with Crippen LogP contribution in [0.1, 0.15) is 162 Å². The predicted octanol–water partition coefficient (Wildman–Crippen LogP) is 10.7. The number of hydrogen-bond acceptors (Lipinski definition) is 8. The zero-order chi connectivity index (χ0) is 39.8. The summed E-state index contributed by atoms with van der Waals surface area (Å²) in [6.45, 7) is 4.31. The third kappa shape index (κ3) is 32.4. The fraction of sp³-hybridized carbons (Fsp3) is 0.814. The van der Waals surface area contributed by atoms with Crippen LogP contribution in [0.3, 0.4) is 0 Å². The lowest BCUT2D eigenvalue weighted by Gasteiger charge is -2.24. The minimum Gasteiger partial charge on any atom is -0.462 e. The summed E-state index contributed by atoms with van der Waals surface area (Å²) in [5, 5.41) is 0. The first-order valence-electron chi connectivity index (χ1n) is 21.3. The normalized spacial score (nSPS) is 17.7. The number of carbonyl (C=O) groups is 2. The van der Waals surface area contributed by atoms with Gasteiger partial charge >= 0.3 is 19.8 Å². The molecule has 0 spiro atoms. The number of hydrogen-bond donors (Lipinski definition) is 1. The molecule has 0 amide bonds. The van der Waals surface area contributed by atoms with E-state index in [-0.39, 0.29) is 26.1 Å². The molecular formula is C43H79NO9P+. The second-order valence-corrected chi connectivity index (χ2v) is 17.2. The first kappa shape index (κ1) is 50.2. The summed E-state index contributed by atoms with van der Waals surface area (Å²) < 4.78 is 39.9. The third-order valence-electron chi connectivity index (χ3n) is 9.33. The van der Waals surface area contributed by atoms with Crippen LogP contribution in [0.2, 0.25) is 0 Å². The number of phosphoric ester groups is 1. The molecule has 1 rings (SSSR count). The Kier molecular flexibility index (Phi) is 30.0. The molecule has 0 aromatic heterocycles. The molecule has 0 aliphatic carbocycles. The molecule has 10 nitrogen and oxygen atoms in total. The summed E-state index contributed by atoms with van der Waals surface area (Å²) in [6, 6.07) is 0. The average Bonchev–Trinajstić information content (AvgIpc) is 3.87. The molecule has 1 saturated heterocycles. The highest BCUT2D eigenvalue weighted by atomic mass is 31.2. The van der Waals surface area contributed by atoms with Crippen LogP contribution >= 0.6 is 7.82 Å². The van der Waals surface area contributed by atoms with Gasteiger partial charge in [-0.15, -0.1) is 0 Å². The van der Waals surface area contributed by atoms with Crippen molar-refractivity contribution in [2.24, 2.45) is 0 Å². The Morgan fingerprint density at radius 3 is 1.81 bits per heavy atom. The highest BCUT2D eigenvalue weighted by Crippen LogP contribution is 2.43. The van der Waals surface area contributed by atoms with Crippen LogP contribution in [0, 0.1) is 0 Å². The molecule has 0 aromatic carbocycles. The van der Waals surface area contributed by atoms with Crippen molar-refractivity contribution < 1.29 is 46.8 Å². The molecule has 1 N–H and O–H groups in total. The van der Waals surface area contributed by atoms with Gasteiger partial charge in [-0.05, 0) is 51.4 Å². The number of ether oxygens (including phenoxy) is 3.